The Morgan fingerprint density at radius 1 is 1.30 bits per heavy atom. The molecule has 3 heterocycles. The van der Waals surface area contributed by atoms with Gasteiger partial charge < -0.3 is 10.2 Å². The molecule has 2 atom stereocenters. The molecule has 2 aromatic heterocycles. The van der Waals surface area contributed by atoms with Crippen molar-refractivity contribution in [2.45, 2.75) is 25.9 Å². The van der Waals surface area contributed by atoms with Crippen molar-refractivity contribution in [2.24, 2.45) is 0 Å². The van der Waals surface area contributed by atoms with Gasteiger partial charge in [0, 0.05) is 43.1 Å². The quantitative estimate of drug-likeness (QED) is 0.877. The van der Waals surface area contributed by atoms with Crippen LogP contribution in [0.5, 0.6) is 0 Å². The third kappa shape index (κ3) is 4.20. The van der Waals surface area contributed by atoms with Gasteiger partial charge in [-0.3, -0.25) is 9.78 Å². The van der Waals surface area contributed by atoms with E-state index < -0.39 is 0 Å². The largest absolute Gasteiger partial charge is 0.332 e. The summed E-state index contributed by atoms with van der Waals surface area (Å²) in [4.78, 5) is 23.7. The topological polar surface area (TPSA) is 58.1 Å². The maximum Gasteiger partial charge on any atom is 0.265 e. The lowest BCUT2D eigenvalue weighted by atomic mass is 10.1. The zero-order valence-corrected chi connectivity index (χ0v) is 15.4. The summed E-state index contributed by atoms with van der Waals surface area (Å²) in [6, 6.07) is 4.32. The number of rotatable bonds is 2. The molecular weight excluding hydrogens is 355 g/mol. The summed E-state index contributed by atoms with van der Waals surface area (Å²) in [5.41, 5.74) is 0.996. The van der Waals surface area contributed by atoms with E-state index in [-0.39, 0.29) is 36.8 Å². The van der Waals surface area contributed by atoms with Gasteiger partial charge in [0.2, 0.25) is 0 Å². The molecule has 0 aromatic carbocycles. The van der Waals surface area contributed by atoms with Crippen molar-refractivity contribution in [1.29, 1.82) is 0 Å². The Morgan fingerprint density at radius 3 is 2.70 bits per heavy atom. The highest BCUT2D eigenvalue weighted by molar-refractivity contribution is 7.16. The van der Waals surface area contributed by atoms with E-state index >= 15 is 0 Å². The highest BCUT2D eigenvalue weighted by atomic mass is 35.5. The monoisotopic (exact) mass is 374 g/mol. The average Bonchev–Trinajstić information content (AvgIpc) is 3.00. The molecule has 5 nitrogen and oxygen atoms in total. The molecule has 2 aromatic rings. The number of pyridine rings is 1. The van der Waals surface area contributed by atoms with Crippen molar-refractivity contribution in [3.63, 3.8) is 0 Å². The lowest BCUT2D eigenvalue weighted by Crippen LogP contribution is -2.57. The molecule has 0 bridgehead atoms. The molecule has 0 saturated carbocycles. The summed E-state index contributed by atoms with van der Waals surface area (Å²) in [6.45, 7) is 5.78. The Morgan fingerprint density at radius 2 is 2.00 bits per heavy atom. The van der Waals surface area contributed by atoms with Crippen LogP contribution in [0.1, 0.15) is 23.5 Å². The predicted molar refractivity (Wildman–Crippen MR) is 97.8 cm³/mol. The molecule has 0 spiro atoms. The zero-order chi connectivity index (χ0) is 14.8. The van der Waals surface area contributed by atoms with Crippen molar-refractivity contribution < 1.29 is 4.79 Å². The summed E-state index contributed by atoms with van der Waals surface area (Å²) in [5.74, 6) is 0.0775. The number of carbonyl (C=O) groups is 1. The van der Waals surface area contributed by atoms with Crippen LogP contribution in [0.15, 0.2) is 30.7 Å². The molecule has 1 amide bonds. The third-order valence-electron chi connectivity index (χ3n) is 3.94. The minimum absolute atomic E-state index is 0. The van der Waals surface area contributed by atoms with Crippen molar-refractivity contribution >= 4 is 42.1 Å². The van der Waals surface area contributed by atoms with Crippen LogP contribution < -0.4 is 5.32 Å². The Labute approximate surface area is 152 Å². The summed E-state index contributed by atoms with van der Waals surface area (Å²) in [6.07, 6.45) is 5.15. The zero-order valence-electron chi connectivity index (χ0n) is 12.9. The minimum atomic E-state index is 0. The maximum absolute atomic E-state index is 12.7. The second kappa shape index (κ2) is 8.59. The van der Waals surface area contributed by atoms with Gasteiger partial charge in [-0.15, -0.1) is 36.2 Å². The lowest BCUT2D eigenvalue weighted by Gasteiger charge is -2.38. The number of nitrogens with zero attached hydrogens (tertiary/aromatic N) is 3. The van der Waals surface area contributed by atoms with Gasteiger partial charge in [-0.25, -0.2) is 4.98 Å². The highest BCUT2D eigenvalue weighted by Crippen LogP contribution is 2.26. The standard InChI is InChI=1S/C15H18N4OS.2ClH/c1-10-11(2)19(8-7-17-10)15(20)13-9-18-14(21-13)12-3-5-16-6-4-12;;/h3-6,9-11,17H,7-8H2,1-2H3;2*1H. The van der Waals surface area contributed by atoms with E-state index in [0.717, 1.165) is 23.7 Å². The second-order valence-corrected chi connectivity index (χ2v) is 6.28. The Bertz CT molecular complexity index is 637. The van der Waals surface area contributed by atoms with Gasteiger partial charge in [-0.1, -0.05) is 0 Å². The SMILES string of the molecule is CC1NCCN(C(=O)c2cnc(-c3ccncc3)s2)C1C.Cl.Cl. The number of hydrogen-bond acceptors (Lipinski definition) is 5. The Balaban J connectivity index is 0.00000132. The summed E-state index contributed by atoms with van der Waals surface area (Å²) >= 11 is 1.44. The van der Waals surface area contributed by atoms with E-state index in [2.05, 4.69) is 29.1 Å². The minimum Gasteiger partial charge on any atom is -0.332 e. The first-order chi connectivity index (χ1) is 10.2. The van der Waals surface area contributed by atoms with Gasteiger partial charge in [0.1, 0.15) is 9.88 Å². The Hall–Kier alpha value is -1.21. The van der Waals surface area contributed by atoms with Crippen molar-refractivity contribution in [3.05, 3.63) is 35.6 Å². The molecule has 126 valence electrons. The summed E-state index contributed by atoms with van der Waals surface area (Å²) < 4.78 is 0. The average molecular weight is 375 g/mol. The normalized spacial score (nSPS) is 20.3. The van der Waals surface area contributed by atoms with Crippen LogP contribution in [0.2, 0.25) is 0 Å². The van der Waals surface area contributed by atoms with E-state index in [1.807, 2.05) is 17.0 Å². The fourth-order valence-electron chi connectivity index (χ4n) is 2.49. The maximum atomic E-state index is 12.7. The first-order valence-corrected chi connectivity index (χ1v) is 7.89. The number of amides is 1. The van der Waals surface area contributed by atoms with Crippen molar-refractivity contribution in [1.82, 2.24) is 20.2 Å². The van der Waals surface area contributed by atoms with Crippen LogP contribution >= 0.6 is 36.2 Å². The van der Waals surface area contributed by atoms with E-state index in [0.29, 0.717) is 10.9 Å². The van der Waals surface area contributed by atoms with Crippen molar-refractivity contribution in [2.75, 3.05) is 13.1 Å². The molecule has 1 aliphatic rings. The van der Waals surface area contributed by atoms with E-state index in [9.17, 15) is 4.79 Å². The molecule has 3 rings (SSSR count). The van der Waals surface area contributed by atoms with E-state index in [4.69, 9.17) is 0 Å². The molecule has 1 N–H and O–H groups in total. The number of carbonyl (C=O) groups excluding carboxylic acids is 1. The molecule has 1 fully saturated rings. The number of nitrogens with one attached hydrogen (secondary N) is 1. The van der Waals surface area contributed by atoms with Crippen LogP contribution in [0, 0.1) is 0 Å². The number of hydrogen-bond donors (Lipinski definition) is 1. The van der Waals surface area contributed by atoms with Crippen LogP contribution in [-0.4, -0.2) is 45.9 Å². The second-order valence-electron chi connectivity index (χ2n) is 5.25. The fraction of sp³-hybridized carbons (Fsp3) is 0.400. The van der Waals surface area contributed by atoms with Crippen LogP contribution in [0.3, 0.4) is 0 Å². The van der Waals surface area contributed by atoms with Gasteiger partial charge >= 0.3 is 0 Å². The van der Waals surface area contributed by atoms with Crippen LogP contribution in [0.25, 0.3) is 10.6 Å². The number of halogens is 2. The highest BCUT2D eigenvalue weighted by Gasteiger charge is 2.29. The van der Waals surface area contributed by atoms with Gasteiger partial charge in [0.25, 0.3) is 5.91 Å². The molecule has 1 aliphatic heterocycles. The van der Waals surface area contributed by atoms with Gasteiger partial charge in [-0.2, -0.15) is 0 Å². The van der Waals surface area contributed by atoms with Gasteiger partial charge in [0.05, 0.1) is 6.20 Å². The third-order valence-corrected chi connectivity index (χ3v) is 4.97. The molecule has 2 unspecified atom stereocenters. The summed E-state index contributed by atoms with van der Waals surface area (Å²) in [5, 5.41) is 4.24. The predicted octanol–water partition coefficient (Wildman–Crippen LogP) is 2.87. The molecule has 0 aliphatic carbocycles. The molecule has 23 heavy (non-hydrogen) atoms. The molecular formula is C15H20Cl2N4OS. The van der Waals surface area contributed by atoms with Crippen LogP contribution in [0.4, 0.5) is 0 Å². The van der Waals surface area contributed by atoms with E-state index in [1.54, 1.807) is 18.6 Å². The smallest absolute Gasteiger partial charge is 0.265 e. The first kappa shape index (κ1) is 19.8. The number of aromatic nitrogens is 2. The van der Waals surface area contributed by atoms with Crippen LogP contribution in [-0.2, 0) is 0 Å². The fourth-order valence-corrected chi connectivity index (χ4v) is 3.36. The number of piperazine rings is 1. The lowest BCUT2D eigenvalue weighted by molar-refractivity contribution is 0.0607. The van der Waals surface area contributed by atoms with Gasteiger partial charge in [0.15, 0.2) is 0 Å². The van der Waals surface area contributed by atoms with E-state index in [1.165, 1.54) is 11.3 Å². The van der Waals surface area contributed by atoms with Crippen molar-refractivity contribution in [3.8, 4) is 10.6 Å². The Kier molecular flexibility index (Phi) is 7.41. The number of thiazole rings is 1. The molecule has 0 radical (unpaired) electrons. The van der Waals surface area contributed by atoms with Gasteiger partial charge in [-0.05, 0) is 26.0 Å². The molecule has 1 saturated heterocycles. The summed E-state index contributed by atoms with van der Waals surface area (Å²) in [7, 11) is 0. The molecule has 8 heteroatoms. The first-order valence-electron chi connectivity index (χ1n) is 7.07.